The second kappa shape index (κ2) is 10.1. The summed E-state index contributed by atoms with van der Waals surface area (Å²) in [5.74, 6) is 1.90. The zero-order valence-corrected chi connectivity index (χ0v) is 22.6. The molecule has 0 amide bonds. The van der Waals surface area contributed by atoms with Crippen molar-refractivity contribution in [2.24, 2.45) is 11.8 Å². The Morgan fingerprint density at radius 1 is 1.11 bits per heavy atom. The molecular weight excluding hydrogens is 506 g/mol. The first-order valence-corrected chi connectivity index (χ1v) is 13.7. The Hall–Kier alpha value is -3.24. The smallest absolute Gasteiger partial charge is 0.375 e. The molecule has 2 atom stereocenters. The lowest BCUT2D eigenvalue weighted by Gasteiger charge is -2.39. The van der Waals surface area contributed by atoms with Gasteiger partial charge in [-0.2, -0.15) is 4.98 Å². The average molecular weight is 538 g/mol. The van der Waals surface area contributed by atoms with Crippen LogP contribution in [0.1, 0.15) is 46.5 Å². The number of nitrogens with one attached hydrogen (secondary N) is 1. The number of aromatic nitrogens is 6. The average Bonchev–Trinajstić information content (AvgIpc) is 3.50. The number of benzene rings is 1. The van der Waals surface area contributed by atoms with Crippen molar-refractivity contribution < 1.29 is 9.26 Å². The summed E-state index contributed by atoms with van der Waals surface area (Å²) >= 11 is 6.41. The Balaban J connectivity index is 1.58. The highest BCUT2D eigenvalue weighted by Gasteiger charge is 2.32. The van der Waals surface area contributed by atoms with E-state index < -0.39 is 5.76 Å². The van der Waals surface area contributed by atoms with E-state index in [-0.39, 0.29) is 23.8 Å². The van der Waals surface area contributed by atoms with E-state index in [1.165, 1.54) is 25.7 Å². The van der Waals surface area contributed by atoms with Crippen LogP contribution in [0.2, 0.25) is 5.02 Å². The summed E-state index contributed by atoms with van der Waals surface area (Å²) in [5.41, 5.74) is 2.92. The molecule has 38 heavy (non-hydrogen) atoms. The fourth-order valence-corrected chi connectivity index (χ4v) is 5.86. The van der Waals surface area contributed by atoms with Gasteiger partial charge in [0.2, 0.25) is 17.6 Å². The number of fused-ring (bicyclic) bond motifs is 1. The quantitative estimate of drug-likeness (QED) is 0.381. The zero-order valence-electron chi connectivity index (χ0n) is 21.9. The third kappa shape index (κ3) is 4.71. The Bertz CT molecular complexity index is 1500. The van der Waals surface area contributed by atoms with Gasteiger partial charge in [0, 0.05) is 23.7 Å². The second-order valence-corrected chi connectivity index (χ2v) is 11.1. The van der Waals surface area contributed by atoms with Crippen molar-refractivity contribution in [1.82, 2.24) is 29.7 Å². The molecule has 1 saturated carbocycles. The number of H-pyrrole nitrogens is 1. The molecule has 0 bridgehead atoms. The fourth-order valence-electron chi connectivity index (χ4n) is 5.67. The van der Waals surface area contributed by atoms with Gasteiger partial charge in [0.1, 0.15) is 11.2 Å². The van der Waals surface area contributed by atoms with Crippen molar-refractivity contribution in [1.29, 1.82) is 0 Å². The van der Waals surface area contributed by atoms with Crippen LogP contribution in [-0.2, 0) is 11.3 Å². The molecule has 11 heteroatoms. The Kier molecular flexibility index (Phi) is 6.69. The molecule has 4 aromatic rings. The molecule has 0 unspecified atom stereocenters. The van der Waals surface area contributed by atoms with Crippen molar-refractivity contribution in [3.63, 3.8) is 0 Å². The summed E-state index contributed by atoms with van der Waals surface area (Å²) in [7, 11) is 0. The molecular formula is C27H32ClN7O3. The standard InChI is InChI=1S/C27H32ClN7O3/c1-15-7-9-18(10-8-15)14-35-22-21(19-5-4-6-20(28)13-19)29-24(25-32-27(36)38-33-25)30-23(22)31-26(35)34-11-12-37-17(3)16(34)2/h4-6,13,15-18H,7-12,14H2,1-3H3,(H,32,33,36)/t15-,16-,17+,18-/m1/s1. The number of halogens is 1. The number of ether oxygens (including phenoxy) is 1. The van der Waals surface area contributed by atoms with Crippen molar-refractivity contribution in [2.45, 2.75) is 65.1 Å². The highest BCUT2D eigenvalue weighted by molar-refractivity contribution is 6.30. The van der Waals surface area contributed by atoms with E-state index in [0.29, 0.717) is 28.9 Å². The van der Waals surface area contributed by atoms with Crippen LogP contribution < -0.4 is 10.7 Å². The Morgan fingerprint density at radius 3 is 2.66 bits per heavy atom. The highest BCUT2D eigenvalue weighted by atomic mass is 35.5. The predicted molar refractivity (Wildman–Crippen MR) is 145 cm³/mol. The van der Waals surface area contributed by atoms with E-state index in [1.807, 2.05) is 24.3 Å². The van der Waals surface area contributed by atoms with Crippen LogP contribution in [0.25, 0.3) is 34.1 Å². The van der Waals surface area contributed by atoms with E-state index in [0.717, 1.165) is 36.0 Å². The number of morpholine rings is 1. The third-order valence-corrected chi connectivity index (χ3v) is 8.29. The van der Waals surface area contributed by atoms with Gasteiger partial charge in [-0.05, 0) is 50.7 Å². The topological polar surface area (TPSA) is 115 Å². The van der Waals surface area contributed by atoms with E-state index in [1.54, 1.807) is 0 Å². The number of nitrogens with zero attached hydrogens (tertiary/aromatic N) is 6. The largest absolute Gasteiger partial charge is 0.439 e. The lowest BCUT2D eigenvalue weighted by Crippen LogP contribution is -2.49. The van der Waals surface area contributed by atoms with Gasteiger partial charge in [0.05, 0.1) is 18.8 Å². The maximum Gasteiger partial charge on any atom is 0.439 e. The number of anilines is 1. The molecule has 0 radical (unpaired) electrons. The molecule has 3 aromatic heterocycles. The van der Waals surface area contributed by atoms with E-state index in [9.17, 15) is 4.79 Å². The molecule has 1 aromatic carbocycles. The minimum Gasteiger partial charge on any atom is -0.375 e. The minimum atomic E-state index is -0.665. The molecule has 4 heterocycles. The van der Waals surface area contributed by atoms with Gasteiger partial charge in [-0.25, -0.2) is 14.8 Å². The minimum absolute atomic E-state index is 0.0711. The number of imidazole rings is 1. The second-order valence-electron chi connectivity index (χ2n) is 10.7. The number of aromatic amines is 1. The summed E-state index contributed by atoms with van der Waals surface area (Å²) in [5, 5.41) is 4.44. The van der Waals surface area contributed by atoms with Crippen LogP contribution in [0, 0.1) is 11.8 Å². The molecule has 2 fully saturated rings. The zero-order chi connectivity index (χ0) is 26.4. The lowest BCUT2D eigenvalue weighted by molar-refractivity contribution is 0.0274. The molecule has 0 spiro atoms. The maximum atomic E-state index is 11.7. The van der Waals surface area contributed by atoms with Crippen LogP contribution >= 0.6 is 11.6 Å². The van der Waals surface area contributed by atoms with Gasteiger partial charge in [0.25, 0.3) is 0 Å². The van der Waals surface area contributed by atoms with E-state index in [2.05, 4.69) is 40.4 Å². The maximum absolute atomic E-state index is 11.7. The van der Waals surface area contributed by atoms with Crippen LogP contribution in [0.15, 0.2) is 33.6 Å². The van der Waals surface area contributed by atoms with Gasteiger partial charge in [-0.15, -0.1) is 0 Å². The summed E-state index contributed by atoms with van der Waals surface area (Å²) < 4.78 is 13.0. The van der Waals surface area contributed by atoms with E-state index in [4.69, 9.17) is 35.8 Å². The van der Waals surface area contributed by atoms with Crippen molar-refractivity contribution >= 4 is 28.7 Å². The fraction of sp³-hybridized carbons (Fsp3) is 0.519. The van der Waals surface area contributed by atoms with Crippen molar-refractivity contribution in [3.8, 4) is 22.9 Å². The first kappa shape index (κ1) is 25.1. The molecule has 200 valence electrons. The van der Waals surface area contributed by atoms with Crippen molar-refractivity contribution in [3.05, 3.63) is 39.8 Å². The predicted octanol–water partition coefficient (Wildman–Crippen LogP) is 4.93. The monoisotopic (exact) mass is 537 g/mol. The Morgan fingerprint density at radius 2 is 1.92 bits per heavy atom. The van der Waals surface area contributed by atoms with Crippen LogP contribution in [0.5, 0.6) is 0 Å². The summed E-state index contributed by atoms with van der Waals surface area (Å²) in [6.07, 6.45) is 4.90. The normalized spacial score (nSPS) is 24.3. The first-order chi connectivity index (χ1) is 18.4. The van der Waals surface area contributed by atoms with Gasteiger partial charge < -0.3 is 14.2 Å². The van der Waals surface area contributed by atoms with Crippen molar-refractivity contribution in [2.75, 3.05) is 18.1 Å². The SMILES string of the molecule is C[C@@H]1OCCN(c2nc3nc(-c4noc(=O)[nH]4)nc(-c4cccc(Cl)c4)c3n2C[C@H]2CC[C@H](C)CC2)[C@@H]1C. The molecule has 6 rings (SSSR count). The van der Waals surface area contributed by atoms with Gasteiger partial charge >= 0.3 is 5.76 Å². The molecule has 1 aliphatic heterocycles. The van der Waals surface area contributed by atoms with Gasteiger partial charge in [-0.3, -0.25) is 9.51 Å². The van der Waals surface area contributed by atoms with Crippen LogP contribution in [0.4, 0.5) is 5.95 Å². The van der Waals surface area contributed by atoms with E-state index >= 15 is 0 Å². The third-order valence-electron chi connectivity index (χ3n) is 8.05. The summed E-state index contributed by atoms with van der Waals surface area (Å²) in [6, 6.07) is 7.74. The summed E-state index contributed by atoms with van der Waals surface area (Å²) in [6.45, 7) is 8.81. The van der Waals surface area contributed by atoms with Gasteiger partial charge in [-0.1, -0.05) is 48.7 Å². The molecule has 1 aliphatic carbocycles. The number of hydrogen-bond acceptors (Lipinski definition) is 8. The molecule has 10 nitrogen and oxygen atoms in total. The van der Waals surface area contributed by atoms with Crippen LogP contribution in [-0.4, -0.2) is 55.0 Å². The molecule has 1 N–H and O–H groups in total. The highest BCUT2D eigenvalue weighted by Crippen LogP contribution is 2.37. The molecule has 1 saturated heterocycles. The number of rotatable bonds is 5. The first-order valence-electron chi connectivity index (χ1n) is 13.4. The van der Waals surface area contributed by atoms with Crippen LogP contribution in [0.3, 0.4) is 0 Å². The van der Waals surface area contributed by atoms with Gasteiger partial charge in [0.15, 0.2) is 5.65 Å². The number of hydrogen-bond donors (Lipinski definition) is 1. The lowest BCUT2D eigenvalue weighted by atomic mass is 9.83. The Labute approximate surface area is 225 Å². The summed E-state index contributed by atoms with van der Waals surface area (Å²) in [4.78, 5) is 31.4. The molecule has 2 aliphatic rings.